The molecule has 2 rings (SSSR count). The summed E-state index contributed by atoms with van der Waals surface area (Å²) in [6.45, 7) is 14.0. The molecule has 29 heavy (non-hydrogen) atoms. The van der Waals surface area contributed by atoms with Gasteiger partial charge in [-0.2, -0.15) is 4.37 Å². The predicted molar refractivity (Wildman–Crippen MR) is 123 cm³/mol. The van der Waals surface area contributed by atoms with Crippen LogP contribution in [0.2, 0.25) is 0 Å². The third-order valence-corrected chi connectivity index (χ3v) is 5.55. The summed E-state index contributed by atoms with van der Waals surface area (Å²) in [4.78, 5) is 21.7. The van der Waals surface area contributed by atoms with Gasteiger partial charge in [-0.25, -0.2) is 4.98 Å². The van der Waals surface area contributed by atoms with Gasteiger partial charge in [-0.05, 0) is 31.2 Å². The normalized spacial score (nSPS) is 11.1. The molecule has 0 spiro atoms. The van der Waals surface area contributed by atoms with E-state index in [0.29, 0.717) is 18.9 Å². The molecule has 0 aliphatic heterocycles. The maximum Gasteiger partial charge on any atom is 0.224 e. The van der Waals surface area contributed by atoms with Crippen LogP contribution in [0.4, 0.5) is 5.13 Å². The third-order valence-electron chi connectivity index (χ3n) is 4.73. The Morgan fingerprint density at radius 1 is 1.07 bits per heavy atom. The molecule has 0 fully saturated rings. The highest BCUT2D eigenvalue weighted by molar-refractivity contribution is 7.09. The maximum atomic E-state index is 12.7. The van der Waals surface area contributed by atoms with Crippen molar-refractivity contribution in [3.05, 3.63) is 41.2 Å². The molecule has 1 amide bonds. The number of hydrogen-bond donors (Lipinski definition) is 0. The monoisotopic (exact) mass is 416 g/mol. The van der Waals surface area contributed by atoms with Gasteiger partial charge in [0.25, 0.3) is 0 Å². The number of rotatable bonds is 12. The summed E-state index contributed by atoms with van der Waals surface area (Å²) >= 11 is 1.44. The van der Waals surface area contributed by atoms with E-state index in [1.807, 2.05) is 4.90 Å². The van der Waals surface area contributed by atoms with Crippen LogP contribution in [0.15, 0.2) is 24.3 Å². The third kappa shape index (κ3) is 7.77. The van der Waals surface area contributed by atoms with Gasteiger partial charge in [-0.1, -0.05) is 57.5 Å². The first-order chi connectivity index (χ1) is 13.9. The molecule has 0 saturated carbocycles. The highest BCUT2D eigenvalue weighted by atomic mass is 32.1. The van der Waals surface area contributed by atoms with Gasteiger partial charge in [0.2, 0.25) is 11.0 Å². The maximum absolute atomic E-state index is 12.7. The summed E-state index contributed by atoms with van der Waals surface area (Å²) < 4.78 is 4.58. The second-order valence-corrected chi connectivity index (χ2v) is 8.86. The number of nitrogens with zero attached hydrogens (tertiary/aromatic N) is 4. The summed E-state index contributed by atoms with van der Waals surface area (Å²) in [5.74, 6) is 1.59. The van der Waals surface area contributed by atoms with Gasteiger partial charge in [0.1, 0.15) is 5.82 Å². The Kier molecular flexibility index (Phi) is 9.58. The number of hydrogen-bond acceptors (Lipinski definition) is 5. The van der Waals surface area contributed by atoms with Crippen molar-refractivity contribution in [1.29, 1.82) is 0 Å². The summed E-state index contributed by atoms with van der Waals surface area (Å²) in [6, 6.07) is 8.52. The number of amides is 1. The van der Waals surface area contributed by atoms with Gasteiger partial charge in [-0.15, -0.1) is 0 Å². The molecule has 0 bridgehead atoms. The highest BCUT2D eigenvalue weighted by Gasteiger charge is 2.18. The first-order valence-corrected chi connectivity index (χ1v) is 11.6. The summed E-state index contributed by atoms with van der Waals surface area (Å²) in [6.07, 6.45) is 3.27. The molecule has 2 aromatic rings. The van der Waals surface area contributed by atoms with Crippen LogP contribution in [0.5, 0.6) is 0 Å². The van der Waals surface area contributed by atoms with E-state index in [9.17, 15) is 4.79 Å². The SMILES string of the molecule is CCCN(CCC)C(=O)CCN(CC(C)C)c1nc(Cc2ccc(C)cc2)ns1. The minimum atomic E-state index is 0.242. The molecule has 0 unspecified atom stereocenters. The molecule has 5 nitrogen and oxygen atoms in total. The molecular formula is C23H36N4OS. The van der Waals surface area contributed by atoms with Crippen molar-refractivity contribution in [2.24, 2.45) is 5.92 Å². The predicted octanol–water partition coefficient (Wildman–Crippen LogP) is 4.94. The summed E-state index contributed by atoms with van der Waals surface area (Å²) in [5.41, 5.74) is 2.48. The molecular weight excluding hydrogens is 380 g/mol. The minimum Gasteiger partial charge on any atom is -0.346 e. The average molecular weight is 417 g/mol. The van der Waals surface area contributed by atoms with Crippen LogP contribution in [0.1, 0.15) is 63.9 Å². The van der Waals surface area contributed by atoms with Crippen LogP contribution in [0, 0.1) is 12.8 Å². The average Bonchev–Trinajstić information content (AvgIpc) is 3.14. The van der Waals surface area contributed by atoms with Crippen LogP contribution in [-0.4, -0.2) is 46.3 Å². The van der Waals surface area contributed by atoms with Gasteiger partial charge in [0.05, 0.1) is 0 Å². The molecule has 1 aromatic carbocycles. The van der Waals surface area contributed by atoms with Crippen LogP contribution in [0.25, 0.3) is 0 Å². The van der Waals surface area contributed by atoms with Crippen molar-refractivity contribution >= 4 is 22.6 Å². The second kappa shape index (κ2) is 11.9. The molecule has 1 heterocycles. The van der Waals surface area contributed by atoms with Crippen molar-refractivity contribution in [2.75, 3.05) is 31.1 Å². The lowest BCUT2D eigenvalue weighted by molar-refractivity contribution is -0.131. The highest BCUT2D eigenvalue weighted by Crippen LogP contribution is 2.21. The Morgan fingerprint density at radius 3 is 2.31 bits per heavy atom. The Labute approximate surface area is 180 Å². The fraction of sp³-hybridized carbons (Fsp3) is 0.609. The number of benzene rings is 1. The Morgan fingerprint density at radius 2 is 1.72 bits per heavy atom. The summed E-state index contributed by atoms with van der Waals surface area (Å²) in [5, 5.41) is 0.922. The molecule has 0 atom stereocenters. The van der Waals surface area contributed by atoms with Gasteiger partial charge < -0.3 is 9.80 Å². The van der Waals surface area contributed by atoms with Crippen LogP contribution < -0.4 is 4.90 Å². The Balaban J connectivity index is 2.03. The van der Waals surface area contributed by atoms with E-state index in [1.165, 1.54) is 22.7 Å². The van der Waals surface area contributed by atoms with Gasteiger partial charge in [-0.3, -0.25) is 4.79 Å². The zero-order valence-electron chi connectivity index (χ0n) is 18.6. The first-order valence-electron chi connectivity index (χ1n) is 10.8. The topological polar surface area (TPSA) is 49.3 Å². The van der Waals surface area contributed by atoms with E-state index in [-0.39, 0.29) is 5.91 Å². The zero-order valence-corrected chi connectivity index (χ0v) is 19.5. The molecule has 0 radical (unpaired) electrons. The van der Waals surface area contributed by atoms with Crippen molar-refractivity contribution < 1.29 is 4.79 Å². The molecule has 6 heteroatoms. The molecule has 0 aliphatic rings. The van der Waals surface area contributed by atoms with E-state index >= 15 is 0 Å². The fourth-order valence-corrected chi connectivity index (χ4v) is 4.05. The lowest BCUT2D eigenvalue weighted by atomic mass is 10.1. The molecule has 1 aromatic heterocycles. The van der Waals surface area contributed by atoms with Gasteiger partial charge >= 0.3 is 0 Å². The molecule has 0 N–H and O–H groups in total. The van der Waals surface area contributed by atoms with Crippen molar-refractivity contribution in [2.45, 2.75) is 60.3 Å². The fourth-order valence-electron chi connectivity index (χ4n) is 3.33. The van der Waals surface area contributed by atoms with Crippen LogP contribution in [-0.2, 0) is 11.2 Å². The van der Waals surface area contributed by atoms with E-state index in [0.717, 1.165) is 49.9 Å². The standard InChI is InChI=1S/C23H36N4OS/c1-6-13-26(14-7-2)22(28)12-15-27(17-18(3)4)23-24-21(25-29-23)16-20-10-8-19(5)9-11-20/h8-11,18H,6-7,12-17H2,1-5H3. The van der Waals surface area contributed by atoms with Crippen molar-refractivity contribution in [1.82, 2.24) is 14.3 Å². The van der Waals surface area contributed by atoms with Crippen LogP contribution >= 0.6 is 11.5 Å². The lowest BCUT2D eigenvalue weighted by Gasteiger charge is -2.26. The van der Waals surface area contributed by atoms with E-state index in [2.05, 4.69) is 68.2 Å². The lowest BCUT2D eigenvalue weighted by Crippen LogP contribution is -2.36. The Hall–Kier alpha value is -1.95. The van der Waals surface area contributed by atoms with E-state index < -0.39 is 0 Å². The molecule has 0 saturated heterocycles. The minimum absolute atomic E-state index is 0.242. The van der Waals surface area contributed by atoms with E-state index in [1.54, 1.807) is 0 Å². The zero-order chi connectivity index (χ0) is 21.2. The number of carbonyl (C=O) groups is 1. The van der Waals surface area contributed by atoms with Crippen molar-refractivity contribution in [3.8, 4) is 0 Å². The number of aromatic nitrogens is 2. The smallest absolute Gasteiger partial charge is 0.224 e. The first kappa shape index (κ1) is 23.3. The van der Waals surface area contributed by atoms with E-state index in [4.69, 9.17) is 4.98 Å². The molecule has 160 valence electrons. The number of carbonyl (C=O) groups excluding carboxylic acids is 1. The molecule has 0 aliphatic carbocycles. The largest absolute Gasteiger partial charge is 0.346 e. The summed E-state index contributed by atoms with van der Waals surface area (Å²) in [7, 11) is 0. The van der Waals surface area contributed by atoms with Gasteiger partial charge in [0.15, 0.2) is 0 Å². The van der Waals surface area contributed by atoms with Crippen LogP contribution in [0.3, 0.4) is 0 Å². The number of anilines is 1. The van der Waals surface area contributed by atoms with Crippen molar-refractivity contribution in [3.63, 3.8) is 0 Å². The van der Waals surface area contributed by atoms with Gasteiger partial charge in [0, 0.05) is 50.6 Å². The number of aryl methyl sites for hydroxylation is 1. The Bertz CT molecular complexity index is 736. The second-order valence-electron chi connectivity index (χ2n) is 8.13. The quantitative estimate of drug-likeness (QED) is 0.492.